The maximum atomic E-state index is 12.4. The lowest BCUT2D eigenvalue weighted by Crippen LogP contribution is -2.43. The molecule has 0 radical (unpaired) electrons. The van der Waals surface area contributed by atoms with E-state index in [0.717, 1.165) is 35.5 Å². The van der Waals surface area contributed by atoms with Crippen molar-refractivity contribution in [1.82, 2.24) is 14.9 Å². The number of H-pyrrole nitrogens is 1. The van der Waals surface area contributed by atoms with E-state index in [4.69, 9.17) is 0 Å². The van der Waals surface area contributed by atoms with Crippen LogP contribution >= 0.6 is 11.8 Å². The van der Waals surface area contributed by atoms with Crippen molar-refractivity contribution in [3.63, 3.8) is 0 Å². The molecule has 1 aromatic rings. The summed E-state index contributed by atoms with van der Waals surface area (Å²) in [5.41, 5.74) is 1.80. The molecule has 0 saturated heterocycles. The number of nitrogens with one attached hydrogen (secondary N) is 1. The van der Waals surface area contributed by atoms with Crippen LogP contribution in [0.1, 0.15) is 45.4 Å². The summed E-state index contributed by atoms with van der Waals surface area (Å²) in [7, 11) is 0. The summed E-state index contributed by atoms with van der Waals surface area (Å²) in [6.45, 7) is 8.08. The summed E-state index contributed by atoms with van der Waals surface area (Å²) >= 11 is 1.39. The Bertz CT molecular complexity index is 573. The summed E-state index contributed by atoms with van der Waals surface area (Å²) in [5, 5.41) is 0.729. The van der Waals surface area contributed by atoms with Crippen molar-refractivity contribution in [2.45, 2.75) is 64.1 Å². The molecule has 1 aliphatic rings. The Morgan fingerprint density at radius 3 is 2.57 bits per heavy atom. The minimum Gasteiger partial charge on any atom is -0.337 e. The summed E-state index contributed by atoms with van der Waals surface area (Å²) in [6, 6.07) is 0.354. The average Bonchev–Trinajstić information content (AvgIpc) is 2.82. The van der Waals surface area contributed by atoms with Crippen molar-refractivity contribution < 1.29 is 4.79 Å². The molecule has 0 bridgehead atoms. The van der Waals surface area contributed by atoms with Crippen LogP contribution in [-0.2, 0) is 17.6 Å². The zero-order valence-corrected chi connectivity index (χ0v) is 13.9. The zero-order chi connectivity index (χ0) is 15.6. The SMILES string of the molecule is CC(C)N(C(=O)CSc1nc(=O)[nH]c2c1CCC2)C(C)C. The third-order valence-corrected chi connectivity index (χ3v) is 4.67. The van der Waals surface area contributed by atoms with Crippen LogP contribution in [0.4, 0.5) is 0 Å². The van der Waals surface area contributed by atoms with Gasteiger partial charge in [-0.2, -0.15) is 4.98 Å². The van der Waals surface area contributed by atoms with E-state index in [1.54, 1.807) is 0 Å². The van der Waals surface area contributed by atoms with Crippen LogP contribution in [0.5, 0.6) is 0 Å². The van der Waals surface area contributed by atoms with Crippen LogP contribution in [-0.4, -0.2) is 38.6 Å². The summed E-state index contributed by atoms with van der Waals surface area (Å²) in [4.78, 5) is 32.7. The van der Waals surface area contributed by atoms with E-state index in [0.29, 0.717) is 5.75 Å². The molecule has 0 aliphatic heterocycles. The molecule has 0 aromatic carbocycles. The fourth-order valence-electron chi connectivity index (χ4n) is 2.93. The number of thioether (sulfide) groups is 1. The van der Waals surface area contributed by atoms with Gasteiger partial charge in [0.2, 0.25) is 5.91 Å². The van der Waals surface area contributed by atoms with Crippen LogP contribution in [0.15, 0.2) is 9.82 Å². The minimum absolute atomic E-state index is 0.0961. The van der Waals surface area contributed by atoms with E-state index in [-0.39, 0.29) is 23.7 Å². The molecular weight excluding hydrogens is 286 g/mol. The average molecular weight is 309 g/mol. The Hall–Kier alpha value is -1.30. The quantitative estimate of drug-likeness (QED) is 0.667. The smallest absolute Gasteiger partial charge is 0.337 e. The van der Waals surface area contributed by atoms with Gasteiger partial charge in [-0.1, -0.05) is 11.8 Å². The van der Waals surface area contributed by atoms with Gasteiger partial charge in [0.25, 0.3) is 0 Å². The van der Waals surface area contributed by atoms with E-state index in [1.165, 1.54) is 11.8 Å². The first-order valence-electron chi connectivity index (χ1n) is 7.46. The summed E-state index contributed by atoms with van der Waals surface area (Å²) < 4.78 is 0. The summed E-state index contributed by atoms with van der Waals surface area (Å²) in [6.07, 6.45) is 2.88. The predicted octanol–water partition coefficient (Wildman–Crippen LogP) is 2.00. The normalized spacial score (nSPS) is 13.8. The van der Waals surface area contributed by atoms with Gasteiger partial charge >= 0.3 is 5.69 Å². The second-order valence-corrected chi connectivity index (χ2v) is 6.90. The minimum atomic E-state index is -0.310. The highest BCUT2D eigenvalue weighted by Crippen LogP contribution is 2.28. The van der Waals surface area contributed by atoms with Crippen molar-refractivity contribution in [1.29, 1.82) is 0 Å². The molecular formula is C15H23N3O2S. The Morgan fingerprint density at radius 1 is 1.29 bits per heavy atom. The lowest BCUT2D eigenvalue weighted by atomic mass is 10.2. The Morgan fingerprint density at radius 2 is 1.95 bits per heavy atom. The van der Waals surface area contributed by atoms with Crippen LogP contribution < -0.4 is 5.69 Å². The maximum absolute atomic E-state index is 12.4. The first-order valence-corrected chi connectivity index (χ1v) is 8.44. The number of rotatable bonds is 5. The third kappa shape index (κ3) is 3.67. The maximum Gasteiger partial charge on any atom is 0.346 e. The fraction of sp³-hybridized carbons (Fsp3) is 0.667. The second kappa shape index (κ2) is 6.64. The number of aromatic amines is 1. The van der Waals surface area contributed by atoms with Crippen LogP contribution in [0.3, 0.4) is 0 Å². The standard InChI is InChI=1S/C15H23N3O2S/c1-9(2)18(10(3)4)13(19)8-21-14-11-6-5-7-12(11)16-15(20)17-14/h9-10H,5-8H2,1-4H3,(H,16,17,20). The molecule has 1 heterocycles. The molecule has 21 heavy (non-hydrogen) atoms. The van der Waals surface area contributed by atoms with Crippen LogP contribution in [0.2, 0.25) is 0 Å². The molecule has 0 fully saturated rings. The van der Waals surface area contributed by atoms with E-state index in [1.807, 2.05) is 32.6 Å². The van der Waals surface area contributed by atoms with Gasteiger partial charge in [0.15, 0.2) is 0 Å². The molecule has 116 valence electrons. The van der Waals surface area contributed by atoms with Crippen LogP contribution in [0, 0.1) is 0 Å². The number of hydrogen-bond acceptors (Lipinski definition) is 4. The number of carbonyl (C=O) groups excluding carboxylic acids is 1. The number of nitrogens with zero attached hydrogens (tertiary/aromatic N) is 2. The first kappa shape index (κ1) is 16.1. The zero-order valence-electron chi connectivity index (χ0n) is 13.1. The van der Waals surface area contributed by atoms with E-state index in [9.17, 15) is 9.59 Å². The van der Waals surface area contributed by atoms with Gasteiger partial charge in [-0.25, -0.2) is 4.79 Å². The molecule has 1 aliphatic carbocycles. The molecule has 1 aromatic heterocycles. The molecule has 0 atom stereocenters. The van der Waals surface area contributed by atoms with Crippen molar-refractivity contribution in [3.8, 4) is 0 Å². The highest BCUT2D eigenvalue weighted by molar-refractivity contribution is 7.99. The van der Waals surface area contributed by atoms with Crippen LogP contribution in [0.25, 0.3) is 0 Å². The number of aryl methyl sites for hydroxylation is 1. The topological polar surface area (TPSA) is 66.1 Å². The van der Waals surface area contributed by atoms with Crippen molar-refractivity contribution in [3.05, 3.63) is 21.7 Å². The van der Waals surface area contributed by atoms with Gasteiger partial charge in [-0.15, -0.1) is 0 Å². The monoisotopic (exact) mass is 309 g/mol. The highest BCUT2D eigenvalue weighted by Gasteiger charge is 2.22. The Balaban J connectivity index is 2.10. The molecule has 0 spiro atoms. The second-order valence-electron chi connectivity index (χ2n) is 5.93. The van der Waals surface area contributed by atoms with Gasteiger partial charge in [0.05, 0.1) is 5.75 Å². The number of aromatic nitrogens is 2. The van der Waals surface area contributed by atoms with E-state index < -0.39 is 0 Å². The molecule has 5 nitrogen and oxygen atoms in total. The number of carbonyl (C=O) groups is 1. The lowest BCUT2D eigenvalue weighted by Gasteiger charge is -2.30. The Kier molecular flexibility index (Phi) is 5.08. The molecule has 1 amide bonds. The van der Waals surface area contributed by atoms with Gasteiger partial charge in [-0.05, 0) is 47.0 Å². The van der Waals surface area contributed by atoms with E-state index in [2.05, 4.69) is 9.97 Å². The van der Waals surface area contributed by atoms with Gasteiger partial charge in [0, 0.05) is 23.3 Å². The van der Waals surface area contributed by atoms with Gasteiger partial charge < -0.3 is 9.88 Å². The van der Waals surface area contributed by atoms with Gasteiger partial charge in [-0.3, -0.25) is 4.79 Å². The first-order chi connectivity index (χ1) is 9.90. The lowest BCUT2D eigenvalue weighted by molar-refractivity contribution is -0.131. The van der Waals surface area contributed by atoms with E-state index >= 15 is 0 Å². The highest BCUT2D eigenvalue weighted by atomic mass is 32.2. The molecule has 2 rings (SSSR count). The molecule has 1 N–H and O–H groups in total. The van der Waals surface area contributed by atoms with Crippen molar-refractivity contribution in [2.75, 3.05) is 5.75 Å². The number of hydrogen-bond donors (Lipinski definition) is 1. The van der Waals surface area contributed by atoms with Gasteiger partial charge in [0.1, 0.15) is 5.03 Å². The third-order valence-electron chi connectivity index (χ3n) is 3.67. The summed E-state index contributed by atoms with van der Waals surface area (Å²) in [5.74, 6) is 0.429. The van der Waals surface area contributed by atoms with Crippen molar-refractivity contribution in [2.24, 2.45) is 0 Å². The number of fused-ring (bicyclic) bond motifs is 1. The molecule has 0 unspecified atom stereocenters. The predicted molar refractivity (Wildman–Crippen MR) is 84.7 cm³/mol. The van der Waals surface area contributed by atoms with Crippen molar-refractivity contribution >= 4 is 17.7 Å². The molecule has 6 heteroatoms. The fourth-order valence-corrected chi connectivity index (χ4v) is 3.89. The Labute approximate surface area is 129 Å². The molecule has 0 saturated carbocycles. The largest absolute Gasteiger partial charge is 0.346 e. The number of amides is 1.